The van der Waals surface area contributed by atoms with Gasteiger partial charge in [0.2, 0.25) is 0 Å². The second-order valence-electron chi connectivity index (χ2n) is 7.35. The van der Waals surface area contributed by atoms with E-state index in [0.717, 1.165) is 37.1 Å². The van der Waals surface area contributed by atoms with Gasteiger partial charge in [-0.1, -0.05) is 26.0 Å². The van der Waals surface area contributed by atoms with Gasteiger partial charge in [0.1, 0.15) is 0 Å². The largest absolute Gasteiger partial charge is 0.417 e. The lowest BCUT2D eigenvalue weighted by Gasteiger charge is -2.22. The molecule has 2 aromatic heterocycles. The number of fused-ring (bicyclic) bond motifs is 1. The van der Waals surface area contributed by atoms with Crippen LogP contribution in [0, 0.1) is 0 Å². The molecule has 0 aliphatic heterocycles. The van der Waals surface area contributed by atoms with Crippen molar-refractivity contribution in [3.63, 3.8) is 0 Å². The van der Waals surface area contributed by atoms with Gasteiger partial charge >= 0.3 is 6.18 Å². The first-order valence-electron chi connectivity index (χ1n) is 9.88. The Morgan fingerprint density at radius 1 is 1.00 bits per heavy atom. The minimum absolute atomic E-state index is 0.126. The Morgan fingerprint density at radius 3 is 2.28 bits per heavy atom. The molecule has 0 saturated heterocycles. The van der Waals surface area contributed by atoms with Crippen molar-refractivity contribution in [2.45, 2.75) is 32.9 Å². The molecule has 0 radical (unpaired) electrons. The number of benzene rings is 1. The Morgan fingerprint density at radius 2 is 1.69 bits per heavy atom. The van der Waals surface area contributed by atoms with E-state index in [0.29, 0.717) is 11.4 Å². The molecule has 29 heavy (non-hydrogen) atoms. The number of halogens is 3. The lowest BCUT2D eigenvalue weighted by atomic mass is 10.0. The number of rotatable bonds is 7. The predicted molar refractivity (Wildman–Crippen MR) is 113 cm³/mol. The van der Waals surface area contributed by atoms with Crippen LogP contribution in [0.3, 0.4) is 0 Å². The summed E-state index contributed by atoms with van der Waals surface area (Å²) in [6, 6.07) is 9.82. The molecule has 1 aromatic carbocycles. The van der Waals surface area contributed by atoms with Crippen molar-refractivity contribution in [2.75, 3.05) is 37.0 Å². The number of nitrogens with zero attached hydrogens (tertiary/aromatic N) is 4. The van der Waals surface area contributed by atoms with Crippen LogP contribution in [0.25, 0.3) is 16.8 Å². The van der Waals surface area contributed by atoms with Crippen molar-refractivity contribution in [1.82, 2.24) is 9.61 Å². The fraction of sp³-hybridized carbons (Fsp3) is 0.409. The molecule has 0 saturated carbocycles. The molecule has 156 valence electrons. The highest BCUT2D eigenvalue weighted by Gasteiger charge is 2.35. The van der Waals surface area contributed by atoms with Crippen molar-refractivity contribution in [1.29, 1.82) is 0 Å². The normalized spacial score (nSPS) is 11.8. The lowest BCUT2D eigenvalue weighted by Crippen LogP contribution is -2.24. The second kappa shape index (κ2) is 8.35. The highest BCUT2D eigenvalue weighted by molar-refractivity contribution is 5.78. The van der Waals surface area contributed by atoms with Crippen LogP contribution in [0.5, 0.6) is 0 Å². The van der Waals surface area contributed by atoms with Crippen LogP contribution in [-0.4, -0.2) is 36.8 Å². The first-order chi connectivity index (χ1) is 13.8. The summed E-state index contributed by atoms with van der Waals surface area (Å²) in [4.78, 5) is 3.91. The molecular weight excluding hydrogens is 377 g/mol. The number of hydrogen-bond donors (Lipinski definition) is 0. The summed E-state index contributed by atoms with van der Waals surface area (Å²) in [5, 5.41) is 4.46. The van der Waals surface area contributed by atoms with Gasteiger partial charge in [0, 0.05) is 38.4 Å². The van der Waals surface area contributed by atoms with Gasteiger partial charge in [0.05, 0.1) is 28.7 Å². The van der Waals surface area contributed by atoms with E-state index in [-0.39, 0.29) is 5.56 Å². The average Bonchev–Trinajstić information content (AvgIpc) is 3.10. The summed E-state index contributed by atoms with van der Waals surface area (Å²) in [6.07, 6.45) is -0.732. The summed E-state index contributed by atoms with van der Waals surface area (Å²) in [5.41, 5.74) is 2.17. The number of hydrogen-bond acceptors (Lipinski definition) is 3. The molecule has 4 nitrogen and oxygen atoms in total. The molecule has 0 aliphatic carbocycles. The third-order valence-electron chi connectivity index (χ3n) is 4.95. The van der Waals surface area contributed by atoms with Gasteiger partial charge in [-0.05, 0) is 37.1 Å². The van der Waals surface area contributed by atoms with Crippen molar-refractivity contribution >= 4 is 16.9 Å². The van der Waals surface area contributed by atoms with Gasteiger partial charge in [-0.25, -0.2) is 4.52 Å². The van der Waals surface area contributed by atoms with Gasteiger partial charge in [0.15, 0.2) is 0 Å². The molecule has 3 rings (SSSR count). The summed E-state index contributed by atoms with van der Waals surface area (Å²) in [5.74, 6) is 0. The van der Waals surface area contributed by atoms with E-state index in [2.05, 4.69) is 23.8 Å². The second-order valence-corrected chi connectivity index (χ2v) is 7.35. The Labute approximate surface area is 169 Å². The van der Waals surface area contributed by atoms with E-state index in [1.807, 2.05) is 6.07 Å². The maximum atomic E-state index is 13.9. The first-order valence-corrected chi connectivity index (χ1v) is 9.88. The molecule has 0 aliphatic rings. The molecule has 0 fully saturated rings. The Bertz CT molecular complexity index is 970. The quantitative estimate of drug-likeness (QED) is 0.504. The third-order valence-corrected chi connectivity index (χ3v) is 4.95. The molecule has 0 unspecified atom stereocenters. The summed E-state index contributed by atoms with van der Waals surface area (Å²) < 4.78 is 43.2. The smallest absolute Gasteiger partial charge is 0.378 e. The maximum absolute atomic E-state index is 13.9. The van der Waals surface area contributed by atoms with Crippen LogP contribution in [0.1, 0.15) is 32.3 Å². The molecule has 2 heterocycles. The molecule has 0 bridgehead atoms. The van der Waals surface area contributed by atoms with Gasteiger partial charge in [-0.3, -0.25) is 0 Å². The monoisotopic (exact) mass is 404 g/mol. The van der Waals surface area contributed by atoms with Gasteiger partial charge in [-0.2, -0.15) is 18.3 Å². The van der Waals surface area contributed by atoms with Crippen LogP contribution >= 0.6 is 0 Å². The molecule has 0 spiro atoms. The standard InChI is InChI=1S/C22H27F3N4/c1-5-12-28(13-6-2)21-15-26-29-19(8-7-9-20(21)29)17-11-10-16(27(3)4)14-18(17)22(23,24)25/h7-11,14-15H,5-6,12-13H2,1-4H3. The zero-order valence-corrected chi connectivity index (χ0v) is 17.3. The molecular formula is C22H27F3N4. The van der Waals surface area contributed by atoms with Crippen molar-refractivity contribution in [3.05, 3.63) is 48.2 Å². The van der Waals surface area contributed by atoms with Gasteiger partial charge < -0.3 is 9.80 Å². The van der Waals surface area contributed by atoms with Gasteiger partial charge in [0.25, 0.3) is 0 Å². The fourth-order valence-electron chi connectivity index (χ4n) is 3.61. The Kier molecular flexibility index (Phi) is 6.05. The number of aromatic nitrogens is 2. The first kappa shape index (κ1) is 21.0. The van der Waals surface area contributed by atoms with E-state index in [1.54, 1.807) is 47.9 Å². The topological polar surface area (TPSA) is 23.8 Å². The fourth-order valence-corrected chi connectivity index (χ4v) is 3.61. The number of anilines is 2. The third kappa shape index (κ3) is 4.18. The molecule has 7 heteroatoms. The SMILES string of the molecule is CCCN(CCC)c1cnn2c(-c3ccc(N(C)C)cc3C(F)(F)F)cccc12. The summed E-state index contributed by atoms with van der Waals surface area (Å²) >= 11 is 0. The van der Waals surface area contributed by atoms with Crippen molar-refractivity contribution in [2.24, 2.45) is 0 Å². The van der Waals surface area contributed by atoms with Crippen molar-refractivity contribution < 1.29 is 13.2 Å². The number of pyridine rings is 1. The van der Waals surface area contributed by atoms with E-state index in [9.17, 15) is 13.2 Å². The summed E-state index contributed by atoms with van der Waals surface area (Å²) in [6.45, 7) is 5.99. The molecule has 0 N–H and O–H groups in total. The van der Waals surface area contributed by atoms with E-state index < -0.39 is 11.7 Å². The predicted octanol–water partition coefficient (Wildman–Crippen LogP) is 5.71. The van der Waals surface area contributed by atoms with Crippen LogP contribution in [0.15, 0.2) is 42.6 Å². The maximum Gasteiger partial charge on any atom is 0.417 e. The van der Waals surface area contributed by atoms with Crippen LogP contribution < -0.4 is 9.80 Å². The number of alkyl halides is 3. The molecule has 3 aromatic rings. The van der Waals surface area contributed by atoms with Crippen LogP contribution in [0.4, 0.5) is 24.5 Å². The molecule has 0 amide bonds. The highest BCUT2D eigenvalue weighted by atomic mass is 19.4. The van der Waals surface area contributed by atoms with E-state index in [4.69, 9.17) is 0 Å². The van der Waals surface area contributed by atoms with Crippen molar-refractivity contribution in [3.8, 4) is 11.3 Å². The average molecular weight is 404 g/mol. The van der Waals surface area contributed by atoms with Gasteiger partial charge in [-0.15, -0.1) is 0 Å². The minimum atomic E-state index is -4.46. The lowest BCUT2D eigenvalue weighted by molar-refractivity contribution is -0.137. The summed E-state index contributed by atoms with van der Waals surface area (Å²) in [7, 11) is 3.46. The molecule has 0 atom stereocenters. The highest BCUT2D eigenvalue weighted by Crippen LogP contribution is 2.39. The minimum Gasteiger partial charge on any atom is -0.378 e. The zero-order valence-electron chi connectivity index (χ0n) is 17.3. The zero-order chi connectivity index (χ0) is 21.2. The van der Waals surface area contributed by atoms with E-state index >= 15 is 0 Å². The van der Waals surface area contributed by atoms with Crippen LogP contribution in [-0.2, 0) is 6.18 Å². The Balaban J connectivity index is 2.19. The Hall–Kier alpha value is -2.70. The van der Waals surface area contributed by atoms with E-state index in [1.165, 1.54) is 12.1 Å². The van der Waals surface area contributed by atoms with Crippen LogP contribution in [0.2, 0.25) is 0 Å².